The molecule has 3 aromatic carbocycles. The minimum Gasteiger partial charge on any atom is -0.405 e. The fourth-order valence-electron chi connectivity index (χ4n) is 4.31. The molecule has 0 bridgehead atoms. The van der Waals surface area contributed by atoms with Gasteiger partial charge in [0.15, 0.2) is 0 Å². The number of ether oxygens (including phenoxy) is 1. The van der Waals surface area contributed by atoms with Crippen molar-refractivity contribution < 1.29 is 19.0 Å². The summed E-state index contributed by atoms with van der Waals surface area (Å²) in [6, 6.07) is 24.2. The van der Waals surface area contributed by atoms with Gasteiger partial charge in [-0.1, -0.05) is 81.4 Å². The van der Waals surface area contributed by atoms with Crippen LogP contribution in [0, 0.1) is 20.2 Å². The van der Waals surface area contributed by atoms with E-state index in [4.69, 9.17) is 9.16 Å². The van der Waals surface area contributed by atoms with E-state index in [9.17, 15) is 20.2 Å². The summed E-state index contributed by atoms with van der Waals surface area (Å²) in [7, 11) is -2.63. The molecule has 0 amide bonds. The molecule has 0 heterocycles. The zero-order chi connectivity index (χ0) is 26.2. The molecule has 0 aliphatic rings. The van der Waals surface area contributed by atoms with Gasteiger partial charge in [-0.05, 0) is 21.5 Å². The molecule has 0 saturated carbocycles. The van der Waals surface area contributed by atoms with E-state index in [0.717, 1.165) is 6.07 Å². The second kappa shape index (κ2) is 11.9. The maximum atomic E-state index is 11.3. The minimum absolute atomic E-state index is 0.133. The Morgan fingerprint density at radius 1 is 0.806 bits per heavy atom. The summed E-state index contributed by atoms with van der Waals surface area (Å²) in [6.07, 6.45) is 0. The maximum absolute atomic E-state index is 11.3. The lowest BCUT2D eigenvalue weighted by Crippen LogP contribution is -2.66. The van der Waals surface area contributed by atoms with Gasteiger partial charge in [-0.15, -0.1) is 0 Å². The standard InChI is InChI=1S/C26H31N3O6Si/c1-26(2,3)36(22-10-6-4-7-11-22,23-12-8-5-9-13-23)35-19-18-34-17-16-27-24-15-14-21(28(30)31)20-25(24)29(32)33/h4-15,20,27H,16-19H2,1-3H3. The number of hydrogen-bond donors (Lipinski definition) is 1. The summed E-state index contributed by atoms with van der Waals surface area (Å²) in [6.45, 7) is 7.97. The molecule has 10 heteroatoms. The molecule has 0 radical (unpaired) electrons. The number of non-ortho nitro benzene ring substituents is 1. The average molecular weight is 510 g/mol. The third-order valence-electron chi connectivity index (χ3n) is 5.91. The lowest BCUT2D eigenvalue weighted by Gasteiger charge is -2.43. The van der Waals surface area contributed by atoms with Crippen molar-refractivity contribution in [1.29, 1.82) is 0 Å². The predicted molar refractivity (Wildman–Crippen MR) is 143 cm³/mol. The first-order chi connectivity index (χ1) is 17.2. The number of anilines is 1. The van der Waals surface area contributed by atoms with Crippen LogP contribution in [0.4, 0.5) is 17.1 Å². The van der Waals surface area contributed by atoms with Crippen LogP contribution in [0.15, 0.2) is 78.9 Å². The Bertz CT molecular complexity index is 1130. The Morgan fingerprint density at radius 3 is 1.89 bits per heavy atom. The van der Waals surface area contributed by atoms with Crippen LogP contribution in [0.3, 0.4) is 0 Å². The first kappa shape index (κ1) is 27.0. The third-order valence-corrected chi connectivity index (χ3v) is 11.0. The van der Waals surface area contributed by atoms with Gasteiger partial charge in [0.1, 0.15) is 5.69 Å². The van der Waals surface area contributed by atoms with Crippen molar-refractivity contribution in [2.75, 3.05) is 31.7 Å². The summed E-state index contributed by atoms with van der Waals surface area (Å²) in [5.74, 6) is 0. The number of nitrogens with one attached hydrogen (secondary N) is 1. The smallest absolute Gasteiger partial charge is 0.299 e. The molecular formula is C26H31N3O6Si. The van der Waals surface area contributed by atoms with Crippen LogP contribution < -0.4 is 15.7 Å². The highest BCUT2D eigenvalue weighted by Gasteiger charge is 2.49. The normalized spacial score (nSPS) is 11.8. The Balaban J connectivity index is 1.62. The highest BCUT2D eigenvalue weighted by molar-refractivity contribution is 6.99. The minimum atomic E-state index is -2.63. The molecule has 3 aromatic rings. The van der Waals surface area contributed by atoms with Crippen LogP contribution in [0.2, 0.25) is 5.04 Å². The molecule has 0 aliphatic carbocycles. The number of nitrogens with zero attached hydrogens (tertiary/aromatic N) is 2. The van der Waals surface area contributed by atoms with E-state index in [0.29, 0.717) is 19.8 Å². The zero-order valence-corrected chi connectivity index (χ0v) is 21.7. The molecule has 36 heavy (non-hydrogen) atoms. The van der Waals surface area contributed by atoms with Crippen LogP contribution in [0.25, 0.3) is 0 Å². The zero-order valence-electron chi connectivity index (χ0n) is 20.7. The molecule has 0 spiro atoms. The molecular weight excluding hydrogens is 478 g/mol. The van der Waals surface area contributed by atoms with Gasteiger partial charge in [0.2, 0.25) is 0 Å². The second-order valence-corrected chi connectivity index (χ2v) is 13.6. The highest BCUT2D eigenvalue weighted by Crippen LogP contribution is 2.36. The van der Waals surface area contributed by atoms with Gasteiger partial charge < -0.3 is 14.5 Å². The monoisotopic (exact) mass is 509 g/mol. The number of nitro benzene ring substituents is 2. The van der Waals surface area contributed by atoms with Gasteiger partial charge in [0, 0.05) is 12.6 Å². The maximum Gasteiger partial charge on any atom is 0.299 e. The first-order valence-electron chi connectivity index (χ1n) is 11.7. The third kappa shape index (κ3) is 6.14. The van der Waals surface area contributed by atoms with E-state index in [2.05, 4.69) is 50.4 Å². The summed E-state index contributed by atoms with van der Waals surface area (Å²) >= 11 is 0. The molecule has 0 saturated heterocycles. The van der Waals surface area contributed by atoms with Crippen LogP contribution in [0.5, 0.6) is 0 Å². The van der Waals surface area contributed by atoms with Crippen LogP contribution >= 0.6 is 0 Å². The molecule has 3 rings (SSSR count). The van der Waals surface area contributed by atoms with E-state index in [-0.39, 0.29) is 28.7 Å². The molecule has 0 unspecified atom stereocenters. The summed E-state index contributed by atoms with van der Waals surface area (Å²) < 4.78 is 12.5. The van der Waals surface area contributed by atoms with E-state index in [1.807, 2.05) is 36.4 Å². The number of hydrogen-bond acceptors (Lipinski definition) is 7. The van der Waals surface area contributed by atoms with E-state index < -0.39 is 18.2 Å². The average Bonchev–Trinajstić information content (AvgIpc) is 2.86. The number of benzene rings is 3. The van der Waals surface area contributed by atoms with Gasteiger partial charge >= 0.3 is 0 Å². The van der Waals surface area contributed by atoms with E-state index >= 15 is 0 Å². The van der Waals surface area contributed by atoms with Gasteiger partial charge in [-0.2, -0.15) is 0 Å². The van der Waals surface area contributed by atoms with Crippen molar-refractivity contribution in [1.82, 2.24) is 0 Å². The van der Waals surface area contributed by atoms with Gasteiger partial charge in [0.25, 0.3) is 19.7 Å². The lowest BCUT2D eigenvalue weighted by molar-refractivity contribution is -0.393. The predicted octanol–water partition coefficient (Wildman–Crippen LogP) is 4.51. The van der Waals surface area contributed by atoms with Crippen molar-refractivity contribution in [3.63, 3.8) is 0 Å². The van der Waals surface area contributed by atoms with Crippen molar-refractivity contribution >= 4 is 35.8 Å². The lowest BCUT2D eigenvalue weighted by atomic mass is 10.2. The molecule has 1 N–H and O–H groups in total. The summed E-state index contributed by atoms with van der Waals surface area (Å²) in [5.41, 5.74) is -0.471. The molecule has 0 aliphatic heterocycles. The van der Waals surface area contributed by atoms with Crippen molar-refractivity contribution in [3.05, 3.63) is 99.1 Å². The first-order valence-corrected chi connectivity index (χ1v) is 13.6. The van der Waals surface area contributed by atoms with E-state index in [1.54, 1.807) is 0 Å². The molecule has 190 valence electrons. The SMILES string of the molecule is CC(C)(C)[Si](OCCOCCNc1ccc([N+](=O)[O-])cc1[N+](=O)[O-])(c1ccccc1)c1ccccc1. The van der Waals surface area contributed by atoms with Crippen LogP contribution in [-0.4, -0.2) is 44.5 Å². The quantitative estimate of drug-likeness (QED) is 0.165. The van der Waals surface area contributed by atoms with Gasteiger partial charge in [-0.25, -0.2) is 0 Å². The van der Waals surface area contributed by atoms with Crippen molar-refractivity contribution in [2.45, 2.75) is 25.8 Å². The van der Waals surface area contributed by atoms with Crippen LogP contribution in [0.1, 0.15) is 20.8 Å². The fraction of sp³-hybridized carbons (Fsp3) is 0.308. The Labute approximate surface area is 211 Å². The number of nitro groups is 2. The molecule has 0 aromatic heterocycles. The fourth-order valence-corrected chi connectivity index (χ4v) is 8.85. The van der Waals surface area contributed by atoms with Gasteiger partial charge in [0.05, 0.1) is 35.7 Å². The van der Waals surface area contributed by atoms with Gasteiger partial charge in [-0.3, -0.25) is 20.2 Å². The summed E-state index contributed by atoms with van der Waals surface area (Å²) in [4.78, 5) is 20.9. The second-order valence-electron chi connectivity index (χ2n) is 9.27. The van der Waals surface area contributed by atoms with Crippen molar-refractivity contribution in [3.8, 4) is 0 Å². The number of rotatable bonds is 12. The Hall–Kier alpha value is -3.60. The highest BCUT2D eigenvalue weighted by atomic mass is 28.4. The van der Waals surface area contributed by atoms with Crippen molar-refractivity contribution in [2.24, 2.45) is 0 Å². The topological polar surface area (TPSA) is 117 Å². The van der Waals surface area contributed by atoms with E-state index in [1.165, 1.54) is 22.5 Å². The molecule has 0 fully saturated rings. The Morgan fingerprint density at radius 2 is 1.39 bits per heavy atom. The largest absolute Gasteiger partial charge is 0.405 e. The molecule has 0 atom stereocenters. The Kier molecular flexibility index (Phi) is 8.91. The summed E-state index contributed by atoms with van der Waals surface area (Å²) in [5, 5.41) is 27.3. The molecule has 9 nitrogen and oxygen atoms in total. The van der Waals surface area contributed by atoms with Crippen LogP contribution in [-0.2, 0) is 9.16 Å².